The molecule has 0 spiro atoms. The van der Waals surface area contributed by atoms with Crippen molar-refractivity contribution in [1.29, 1.82) is 0 Å². The number of amides is 1. The molecule has 1 heterocycles. The fourth-order valence-corrected chi connectivity index (χ4v) is 2.57. The monoisotopic (exact) mass is 262 g/mol. The molecule has 0 radical (unpaired) electrons. The lowest BCUT2D eigenvalue weighted by Crippen LogP contribution is -2.46. The molecule has 1 aliphatic rings. The molecule has 1 aromatic carbocycles. The number of carbonyl (C=O) groups is 1. The second kappa shape index (κ2) is 6.06. The minimum absolute atomic E-state index is 0.0203. The summed E-state index contributed by atoms with van der Waals surface area (Å²) >= 11 is 0. The van der Waals surface area contributed by atoms with Crippen molar-refractivity contribution in [2.75, 3.05) is 11.9 Å². The first kappa shape index (κ1) is 13.9. The van der Waals surface area contributed by atoms with Crippen molar-refractivity contribution in [2.45, 2.75) is 39.2 Å². The van der Waals surface area contributed by atoms with Crippen LogP contribution in [0.5, 0.6) is 5.75 Å². The number of hydrogen-bond acceptors (Lipinski definition) is 3. The predicted octanol–water partition coefficient (Wildman–Crippen LogP) is 2.42. The summed E-state index contributed by atoms with van der Waals surface area (Å²) in [4.78, 5) is 12.2. The van der Waals surface area contributed by atoms with Crippen LogP contribution in [-0.2, 0) is 4.79 Å². The van der Waals surface area contributed by atoms with E-state index < -0.39 is 0 Å². The van der Waals surface area contributed by atoms with E-state index in [4.69, 9.17) is 0 Å². The Morgan fingerprint density at radius 1 is 1.53 bits per heavy atom. The summed E-state index contributed by atoms with van der Waals surface area (Å²) in [6, 6.07) is 4.87. The van der Waals surface area contributed by atoms with Crippen molar-refractivity contribution >= 4 is 11.6 Å². The first-order chi connectivity index (χ1) is 9.10. The lowest BCUT2D eigenvalue weighted by molar-refractivity contribution is -0.119. The quantitative estimate of drug-likeness (QED) is 0.733. The highest BCUT2D eigenvalue weighted by Crippen LogP contribution is 2.23. The SMILES string of the molecule is CCC1CCNC(C(=O)Nc2ccc(O)cc2C)C1. The molecular weight excluding hydrogens is 240 g/mol. The average Bonchev–Trinajstić information content (AvgIpc) is 2.42. The molecule has 19 heavy (non-hydrogen) atoms. The van der Waals surface area contributed by atoms with Gasteiger partial charge in [-0.05, 0) is 56.0 Å². The van der Waals surface area contributed by atoms with Crippen LogP contribution in [0.25, 0.3) is 0 Å². The lowest BCUT2D eigenvalue weighted by atomic mass is 9.90. The fraction of sp³-hybridized carbons (Fsp3) is 0.533. The number of piperidine rings is 1. The van der Waals surface area contributed by atoms with Gasteiger partial charge >= 0.3 is 0 Å². The Labute approximate surface area is 114 Å². The standard InChI is InChI=1S/C15H22N2O2/c1-3-11-6-7-16-14(9-11)15(19)17-13-5-4-12(18)8-10(13)2/h4-5,8,11,14,16,18H,3,6-7,9H2,1-2H3,(H,17,19). The first-order valence-electron chi connectivity index (χ1n) is 6.94. The van der Waals surface area contributed by atoms with Gasteiger partial charge in [0.2, 0.25) is 5.91 Å². The maximum absolute atomic E-state index is 12.2. The average molecular weight is 262 g/mol. The van der Waals surface area contributed by atoms with E-state index in [2.05, 4.69) is 17.6 Å². The van der Waals surface area contributed by atoms with Gasteiger partial charge in [0.25, 0.3) is 0 Å². The van der Waals surface area contributed by atoms with Gasteiger partial charge in [0.15, 0.2) is 0 Å². The molecule has 0 saturated carbocycles. The van der Waals surface area contributed by atoms with Crippen LogP contribution in [-0.4, -0.2) is 23.6 Å². The highest BCUT2D eigenvalue weighted by molar-refractivity contribution is 5.95. The highest BCUT2D eigenvalue weighted by Gasteiger charge is 2.26. The summed E-state index contributed by atoms with van der Waals surface area (Å²) in [5.74, 6) is 0.877. The van der Waals surface area contributed by atoms with E-state index in [0.717, 1.165) is 37.1 Å². The van der Waals surface area contributed by atoms with E-state index in [9.17, 15) is 9.90 Å². The zero-order valence-electron chi connectivity index (χ0n) is 11.6. The number of nitrogens with one attached hydrogen (secondary N) is 2. The van der Waals surface area contributed by atoms with Gasteiger partial charge in [0, 0.05) is 5.69 Å². The molecule has 4 heteroatoms. The van der Waals surface area contributed by atoms with Gasteiger partial charge in [-0.1, -0.05) is 13.3 Å². The second-order valence-corrected chi connectivity index (χ2v) is 5.29. The fourth-order valence-electron chi connectivity index (χ4n) is 2.57. The van der Waals surface area contributed by atoms with Crippen molar-refractivity contribution < 1.29 is 9.90 Å². The van der Waals surface area contributed by atoms with Crippen LogP contribution in [0.2, 0.25) is 0 Å². The first-order valence-corrected chi connectivity index (χ1v) is 6.94. The van der Waals surface area contributed by atoms with E-state index in [0.29, 0.717) is 5.92 Å². The topological polar surface area (TPSA) is 61.4 Å². The summed E-state index contributed by atoms with van der Waals surface area (Å²) in [6.45, 7) is 4.96. The Morgan fingerprint density at radius 3 is 3.00 bits per heavy atom. The molecule has 4 nitrogen and oxygen atoms in total. The number of phenolic OH excluding ortho intramolecular Hbond substituents is 1. The molecule has 2 unspecified atom stereocenters. The van der Waals surface area contributed by atoms with Crippen LogP contribution >= 0.6 is 0 Å². The molecule has 3 N–H and O–H groups in total. The van der Waals surface area contributed by atoms with E-state index in [1.807, 2.05) is 6.92 Å². The van der Waals surface area contributed by atoms with Crippen LogP contribution in [0.3, 0.4) is 0 Å². The molecule has 0 aromatic heterocycles. The lowest BCUT2D eigenvalue weighted by Gasteiger charge is -2.29. The zero-order chi connectivity index (χ0) is 13.8. The van der Waals surface area contributed by atoms with Gasteiger partial charge in [-0.2, -0.15) is 0 Å². The molecule has 1 aliphatic heterocycles. The van der Waals surface area contributed by atoms with Crippen LogP contribution < -0.4 is 10.6 Å². The number of aromatic hydroxyl groups is 1. The maximum atomic E-state index is 12.2. The third-order valence-corrected chi connectivity index (χ3v) is 3.87. The van der Waals surface area contributed by atoms with E-state index >= 15 is 0 Å². The Kier molecular flexibility index (Phi) is 4.43. The molecule has 1 amide bonds. The van der Waals surface area contributed by atoms with Crippen molar-refractivity contribution in [3.8, 4) is 5.75 Å². The number of benzene rings is 1. The maximum Gasteiger partial charge on any atom is 0.241 e. The van der Waals surface area contributed by atoms with E-state index in [1.54, 1.807) is 18.2 Å². The normalized spacial score (nSPS) is 23.1. The van der Waals surface area contributed by atoms with Gasteiger partial charge in [-0.25, -0.2) is 0 Å². The summed E-state index contributed by atoms with van der Waals surface area (Å²) in [6.07, 6.45) is 3.18. The number of rotatable bonds is 3. The molecule has 2 rings (SSSR count). The summed E-state index contributed by atoms with van der Waals surface area (Å²) in [7, 11) is 0. The third kappa shape index (κ3) is 3.47. The van der Waals surface area contributed by atoms with E-state index in [-0.39, 0.29) is 17.7 Å². The van der Waals surface area contributed by atoms with Crippen molar-refractivity contribution in [3.05, 3.63) is 23.8 Å². The molecule has 0 bridgehead atoms. The van der Waals surface area contributed by atoms with Crippen molar-refractivity contribution in [2.24, 2.45) is 5.92 Å². The largest absolute Gasteiger partial charge is 0.508 e. The third-order valence-electron chi connectivity index (χ3n) is 3.87. The highest BCUT2D eigenvalue weighted by atomic mass is 16.3. The van der Waals surface area contributed by atoms with Crippen LogP contribution in [0.1, 0.15) is 31.7 Å². The number of anilines is 1. The molecule has 1 saturated heterocycles. The Bertz CT molecular complexity index is 459. The zero-order valence-corrected chi connectivity index (χ0v) is 11.6. The van der Waals surface area contributed by atoms with Gasteiger partial charge in [0.05, 0.1) is 6.04 Å². The van der Waals surface area contributed by atoms with Gasteiger partial charge < -0.3 is 15.7 Å². The summed E-state index contributed by atoms with van der Waals surface area (Å²) in [5.41, 5.74) is 1.64. The van der Waals surface area contributed by atoms with E-state index in [1.165, 1.54) is 0 Å². The predicted molar refractivity (Wildman–Crippen MR) is 76.3 cm³/mol. The second-order valence-electron chi connectivity index (χ2n) is 5.29. The summed E-state index contributed by atoms with van der Waals surface area (Å²) in [5, 5.41) is 15.6. The van der Waals surface area contributed by atoms with Gasteiger partial charge in [0.1, 0.15) is 5.75 Å². The number of aryl methyl sites for hydroxylation is 1. The van der Waals surface area contributed by atoms with Crippen LogP contribution in [0, 0.1) is 12.8 Å². The minimum atomic E-state index is -0.105. The van der Waals surface area contributed by atoms with Crippen LogP contribution in [0.4, 0.5) is 5.69 Å². The molecule has 1 aromatic rings. The smallest absolute Gasteiger partial charge is 0.241 e. The van der Waals surface area contributed by atoms with Crippen molar-refractivity contribution in [3.63, 3.8) is 0 Å². The van der Waals surface area contributed by atoms with Gasteiger partial charge in [-0.15, -0.1) is 0 Å². The molecule has 1 fully saturated rings. The number of carbonyl (C=O) groups excluding carboxylic acids is 1. The number of phenols is 1. The van der Waals surface area contributed by atoms with Gasteiger partial charge in [-0.3, -0.25) is 4.79 Å². The van der Waals surface area contributed by atoms with Crippen LogP contribution in [0.15, 0.2) is 18.2 Å². The Morgan fingerprint density at radius 2 is 2.32 bits per heavy atom. The van der Waals surface area contributed by atoms with Crippen molar-refractivity contribution in [1.82, 2.24) is 5.32 Å². The number of hydrogen-bond donors (Lipinski definition) is 3. The Balaban J connectivity index is 2.00. The molecule has 2 atom stereocenters. The summed E-state index contributed by atoms with van der Waals surface area (Å²) < 4.78 is 0. The molecular formula is C15H22N2O2. The Hall–Kier alpha value is -1.55. The molecule has 104 valence electrons. The molecule has 0 aliphatic carbocycles. The minimum Gasteiger partial charge on any atom is -0.508 e.